The normalized spacial score (nSPS) is 20.5. The summed E-state index contributed by atoms with van der Waals surface area (Å²) in [5.74, 6) is 1.40. The molecular formula is C18H27N3O3. The van der Waals surface area contributed by atoms with Crippen molar-refractivity contribution in [3.8, 4) is 0 Å². The van der Waals surface area contributed by atoms with Crippen molar-refractivity contribution in [2.75, 3.05) is 19.8 Å². The molecule has 0 N–H and O–H groups in total. The second-order valence-corrected chi connectivity index (χ2v) is 7.11. The Bertz CT molecular complexity index is 571. The van der Waals surface area contributed by atoms with Gasteiger partial charge >= 0.3 is 0 Å². The number of amides is 1. The van der Waals surface area contributed by atoms with Crippen LogP contribution in [0.4, 0.5) is 0 Å². The number of nitrogens with zero attached hydrogens (tertiary/aromatic N) is 3. The lowest BCUT2D eigenvalue weighted by Gasteiger charge is -2.22. The summed E-state index contributed by atoms with van der Waals surface area (Å²) < 4.78 is 11.2. The number of aromatic nitrogens is 2. The maximum absolute atomic E-state index is 12.3. The van der Waals surface area contributed by atoms with Gasteiger partial charge in [0.1, 0.15) is 12.4 Å². The highest BCUT2D eigenvalue weighted by Gasteiger charge is 2.25. The van der Waals surface area contributed by atoms with Crippen LogP contribution in [0.2, 0.25) is 0 Å². The highest BCUT2D eigenvalue weighted by Crippen LogP contribution is 2.21. The van der Waals surface area contributed by atoms with Gasteiger partial charge in [-0.15, -0.1) is 0 Å². The van der Waals surface area contributed by atoms with Crippen molar-refractivity contribution in [3.63, 3.8) is 0 Å². The van der Waals surface area contributed by atoms with E-state index in [1.807, 2.05) is 6.20 Å². The molecule has 132 valence electrons. The highest BCUT2D eigenvalue weighted by molar-refractivity contribution is 5.78. The topological polar surface area (TPSA) is 64.6 Å². The van der Waals surface area contributed by atoms with Gasteiger partial charge in [-0.05, 0) is 25.2 Å². The fourth-order valence-corrected chi connectivity index (χ4v) is 3.14. The Kier molecular flexibility index (Phi) is 5.79. The molecule has 1 amide bonds. The summed E-state index contributed by atoms with van der Waals surface area (Å²) in [6, 6.07) is 0. The predicted octanol–water partition coefficient (Wildman–Crippen LogP) is 2.10. The van der Waals surface area contributed by atoms with E-state index in [0.717, 1.165) is 43.0 Å². The molecule has 0 aliphatic carbocycles. The second-order valence-electron chi connectivity index (χ2n) is 7.11. The minimum absolute atomic E-state index is 0.00854. The third-order valence-corrected chi connectivity index (χ3v) is 4.45. The van der Waals surface area contributed by atoms with Crippen molar-refractivity contribution >= 4 is 5.91 Å². The second kappa shape index (κ2) is 8.03. The maximum atomic E-state index is 12.3. The molecule has 3 rings (SSSR count). The summed E-state index contributed by atoms with van der Waals surface area (Å²) in [5.41, 5.74) is 2.02. The van der Waals surface area contributed by atoms with Gasteiger partial charge in [-0.25, -0.2) is 9.97 Å². The molecule has 1 aromatic rings. The van der Waals surface area contributed by atoms with Crippen LogP contribution in [0.25, 0.3) is 0 Å². The Morgan fingerprint density at radius 3 is 3.04 bits per heavy atom. The molecule has 3 heterocycles. The molecule has 6 nitrogen and oxygen atoms in total. The van der Waals surface area contributed by atoms with Crippen LogP contribution in [0.15, 0.2) is 6.20 Å². The first-order valence-corrected chi connectivity index (χ1v) is 8.92. The van der Waals surface area contributed by atoms with Gasteiger partial charge in [0.05, 0.1) is 24.9 Å². The molecule has 1 saturated heterocycles. The van der Waals surface area contributed by atoms with Gasteiger partial charge in [0.15, 0.2) is 0 Å². The number of rotatable bonds is 6. The smallest absolute Gasteiger partial charge is 0.249 e. The zero-order chi connectivity index (χ0) is 16.9. The van der Waals surface area contributed by atoms with Crippen LogP contribution < -0.4 is 0 Å². The average molecular weight is 333 g/mol. The Morgan fingerprint density at radius 1 is 1.42 bits per heavy atom. The lowest BCUT2D eigenvalue weighted by atomic mass is 10.1. The Morgan fingerprint density at radius 2 is 2.29 bits per heavy atom. The molecule has 24 heavy (non-hydrogen) atoms. The molecule has 0 saturated carbocycles. The average Bonchev–Trinajstić information content (AvgIpc) is 2.98. The van der Waals surface area contributed by atoms with E-state index < -0.39 is 0 Å². The van der Waals surface area contributed by atoms with Crippen molar-refractivity contribution < 1.29 is 14.3 Å². The summed E-state index contributed by atoms with van der Waals surface area (Å²) in [6.07, 6.45) is 6.21. The summed E-state index contributed by atoms with van der Waals surface area (Å²) >= 11 is 0. The van der Waals surface area contributed by atoms with Crippen molar-refractivity contribution in [1.82, 2.24) is 14.9 Å². The van der Waals surface area contributed by atoms with Crippen LogP contribution in [0, 0.1) is 5.92 Å². The van der Waals surface area contributed by atoms with Gasteiger partial charge in [0.25, 0.3) is 0 Å². The number of carbonyl (C=O) groups excluding carboxylic acids is 1. The predicted molar refractivity (Wildman–Crippen MR) is 89.2 cm³/mol. The molecule has 0 radical (unpaired) electrons. The fraction of sp³-hybridized carbons (Fsp3) is 0.722. The van der Waals surface area contributed by atoms with Crippen LogP contribution in [0.5, 0.6) is 0 Å². The first-order chi connectivity index (χ1) is 11.6. The monoisotopic (exact) mass is 333 g/mol. The molecule has 1 aromatic heterocycles. The Labute approximate surface area is 143 Å². The SMILES string of the molecule is CC(C)Cc1ncc2c(n1)CN(C(=O)COCC1CCCCO1)C2. The van der Waals surface area contributed by atoms with Crippen molar-refractivity contribution in [2.45, 2.75) is 58.7 Å². The van der Waals surface area contributed by atoms with Crippen LogP contribution in [-0.4, -0.2) is 46.7 Å². The lowest BCUT2D eigenvalue weighted by Crippen LogP contribution is -2.31. The quantitative estimate of drug-likeness (QED) is 0.798. The zero-order valence-electron chi connectivity index (χ0n) is 14.7. The lowest BCUT2D eigenvalue weighted by molar-refractivity contribution is -0.138. The number of ether oxygens (including phenoxy) is 2. The fourth-order valence-electron chi connectivity index (χ4n) is 3.14. The van der Waals surface area contributed by atoms with Gasteiger partial charge in [-0.1, -0.05) is 13.8 Å². The van der Waals surface area contributed by atoms with E-state index >= 15 is 0 Å². The Hall–Kier alpha value is -1.53. The van der Waals surface area contributed by atoms with Crippen LogP contribution in [0.1, 0.15) is 50.2 Å². The molecule has 2 aliphatic rings. The van der Waals surface area contributed by atoms with Gasteiger partial charge < -0.3 is 14.4 Å². The highest BCUT2D eigenvalue weighted by atomic mass is 16.5. The van der Waals surface area contributed by atoms with Crippen LogP contribution in [0.3, 0.4) is 0 Å². The summed E-state index contributed by atoms with van der Waals surface area (Å²) in [6.45, 7) is 6.87. The molecular weight excluding hydrogens is 306 g/mol. The molecule has 1 fully saturated rings. The van der Waals surface area contributed by atoms with Crippen molar-refractivity contribution in [2.24, 2.45) is 5.92 Å². The van der Waals surface area contributed by atoms with E-state index in [1.165, 1.54) is 6.42 Å². The molecule has 2 aliphatic heterocycles. The van der Waals surface area contributed by atoms with E-state index in [1.54, 1.807) is 4.90 Å². The Balaban J connectivity index is 1.46. The first-order valence-electron chi connectivity index (χ1n) is 8.92. The third kappa shape index (κ3) is 4.51. The minimum atomic E-state index is 0.00854. The largest absolute Gasteiger partial charge is 0.376 e. The molecule has 0 spiro atoms. The van der Waals surface area contributed by atoms with Crippen molar-refractivity contribution in [3.05, 3.63) is 23.3 Å². The van der Waals surface area contributed by atoms with E-state index in [-0.39, 0.29) is 18.6 Å². The van der Waals surface area contributed by atoms with Gasteiger partial charge in [0, 0.05) is 31.3 Å². The van der Waals surface area contributed by atoms with E-state index in [2.05, 4.69) is 23.8 Å². The van der Waals surface area contributed by atoms with Crippen LogP contribution >= 0.6 is 0 Å². The summed E-state index contributed by atoms with van der Waals surface area (Å²) in [7, 11) is 0. The van der Waals surface area contributed by atoms with E-state index in [0.29, 0.717) is 25.6 Å². The standard InChI is InChI=1S/C18H27N3O3/c1-13(2)7-17-19-8-14-9-21(10-16(14)20-17)18(22)12-23-11-15-5-3-4-6-24-15/h8,13,15H,3-7,9-12H2,1-2H3. The molecule has 1 atom stereocenters. The zero-order valence-corrected chi connectivity index (χ0v) is 14.7. The number of carbonyl (C=O) groups is 1. The minimum Gasteiger partial charge on any atom is -0.376 e. The number of fused-ring (bicyclic) bond motifs is 1. The molecule has 6 heteroatoms. The first kappa shape index (κ1) is 17.3. The van der Waals surface area contributed by atoms with Crippen molar-refractivity contribution in [1.29, 1.82) is 0 Å². The summed E-state index contributed by atoms with van der Waals surface area (Å²) in [5, 5.41) is 0. The number of hydrogen-bond acceptors (Lipinski definition) is 5. The molecule has 1 unspecified atom stereocenters. The number of hydrogen-bond donors (Lipinski definition) is 0. The van der Waals surface area contributed by atoms with E-state index in [4.69, 9.17) is 9.47 Å². The van der Waals surface area contributed by atoms with Gasteiger partial charge in [0.2, 0.25) is 5.91 Å². The molecule has 0 aromatic carbocycles. The van der Waals surface area contributed by atoms with Crippen LogP contribution in [-0.2, 0) is 33.8 Å². The van der Waals surface area contributed by atoms with E-state index in [9.17, 15) is 4.79 Å². The van der Waals surface area contributed by atoms with Gasteiger partial charge in [-0.2, -0.15) is 0 Å². The third-order valence-electron chi connectivity index (χ3n) is 4.45. The van der Waals surface area contributed by atoms with Gasteiger partial charge in [-0.3, -0.25) is 4.79 Å². The molecule has 0 bridgehead atoms. The summed E-state index contributed by atoms with van der Waals surface area (Å²) in [4.78, 5) is 23.1. The maximum Gasteiger partial charge on any atom is 0.249 e.